The molecule has 0 radical (unpaired) electrons. The van der Waals surface area contributed by atoms with Crippen molar-refractivity contribution in [2.45, 2.75) is 52.1 Å². The van der Waals surface area contributed by atoms with Gasteiger partial charge in [-0.3, -0.25) is 9.59 Å². The summed E-state index contributed by atoms with van der Waals surface area (Å²) < 4.78 is 5.25. The normalized spacial score (nSPS) is 13.8. The molecule has 3 aromatic rings. The molecule has 4 rings (SSSR count). The first-order chi connectivity index (χ1) is 15.6. The number of hydrogen-bond acceptors (Lipinski definition) is 3. The van der Waals surface area contributed by atoms with Gasteiger partial charge >= 0.3 is 0 Å². The summed E-state index contributed by atoms with van der Waals surface area (Å²) in [4.78, 5) is 27.6. The number of hydrogen-bond donors (Lipinski definition) is 1. The maximum atomic E-state index is 13.4. The average Bonchev–Trinajstić information content (AvgIpc) is 3.52. The number of nitrogens with one attached hydrogen (secondary N) is 1. The second-order valence-corrected chi connectivity index (χ2v) is 8.53. The lowest BCUT2D eigenvalue weighted by molar-refractivity contribution is -0.122. The number of benzene rings is 2. The monoisotopic (exact) mass is 430 g/mol. The van der Waals surface area contributed by atoms with Crippen LogP contribution in [0.3, 0.4) is 0 Å². The van der Waals surface area contributed by atoms with Gasteiger partial charge in [-0.1, -0.05) is 49.2 Å². The summed E-state index contributed by atoms with van der Waals surface area (Å²) >= 11 is 0. The molecule has 1 saturated carbocycles. The maximum Gasteiger partial charge on any atom is 0.230 e. The summed E-state index contributed by atoms with van der Waals surface area (Å²) in [6.45, 7) is 3.02. The minimum Gasteiger partial charge on any atom is -0.467 e. The number of amides is 2. The molecule has 5 heteroatoms. The molecule has 0 aliphatic heterocycles. The lowest BCUT2D eigenvalue weighted by Crippen LogP contribution is -2.35. The standard InChI is InChI=1S/C27H30N2O3/c1-20-7-2-3-10-23(20)19-29(27(31)22-8-4-5-9-22)24-14-12-21(13-15-24)17-26(30)28-18-25-11-6-16-32-25/h2-3,6-7,10-16,22H,4-5,8-9,17-19H2,1H3,(H,28,30). The van der Waals surface area contributed by atoms with Crippen molar-refractivity contribution >= 4 is 17.5 Å². The molecule has 5 nitrogen and oxygen atoms in total. The van der Waals surface area contributed by atoms with Crippen LogP contribution in [0.15, 0.2) is 71.3 Å². The zero-order valence-corrected chi connectivity index (χ0v) is 18.5. The molecule has 166 valence electrons. The van der Waals surface area contributed by atoms with Gasteiger partial charge in [0.1, 0.15) is 5.76 Å². The minimum absolute atomic E-state index is 0.0621. The van der Waals surface area contributed by atoms with E-state index in [1.807, 2.05) is 47.4 Å². The van der Waals surface area contributed by atoms with Gasteiger partial charge in [0, 0.05) is 11.6 Å². The summed E-state index contributed by atoms with van der Waals surface area (Å²) in [5.74, 6) is 0.972. The molecular weight excluding hydrogens is 400 g/mol. The fourth-order valence-corrected chi connectivity index (χ4v) is 4.29. The smallest absolute Gasteiger partial charge is 0.230 e. The first-order valence-corrected chi connectivity index (χ1v) is 11.3. The van der Waals surface area contributed by atoms with E-state index in [4.69, 9.17) is 4.42 Å². The lowest BCUT2D eigenvalue weighted by atomic mass is 10.0. The zero-order chi connectivity index (χ0) is 22.3. The van der Waals surface area contributed by atoms with Crippen LogP contribution in [0.25, 0.3) is 0 Å². The van der Waals surface area contributed by atoms with Crippen LogP contribution in [0.1, 0.15) is 48.1 Å². The van der Waals surface area contributed by atoms with Gasteiger partial charge in [0.2, 0.25) is 11.8 Å². The lowest BCUT2D eigenvalue weighted by Gasteiger charge is -2.27. The second-order valence-electron chi connectivity index (χ2n) is 8.53. The second kappa shape index (κ2) is 10.3. The predicted molar refractivity (Wildman–Crippen MR) is 125 cm³/mol. The highest BCUT2D eigenvalue weighted by atomic mass is 16.3. The molecule has 1 fully saturated rings. The summed E-state index contributed by atoms with van der Waals surface area (Å²) in [5.41, 5.74) is 4.13. The molecule has 1 aromatic heterocycles. The van der Waals surface area contributed by atoms with Crippen molar-refractivity contribution in [3.63, 3.8) is 0 Å². The molecular formula is C27H30N2O3. The van der Waals surface area contributed by atoms with Crippen LogP contribution in [0, 0.1) is 12.8 Å². The Morgan fingerprint density at radius 3 is 2.44 bits per heavy atom. The van der Waals surface area contributed by atoms with Crippen molar-refractivity contribution in [3.05, 3.63) is 89.4 Å². The molecule has 32 heavy (non-hydrogen) atoms. The van der Waals surface area contributed by atoms with Crippen molar-refractivity contribution in [3.8, 4) is 0 Å². The first kappa shape index (κ1) is 21.9. The van der Waals surface area contributed by atoms with Gasteiger partial charge in [0.05, 0.1) is 25.8 Å². The highest BCUT2D eigenvalue weighted by Crippen LogP contribution is 2.30. The van der Waals surface area contributed by atoms with Crippen molar-refractivity contribution in [1.82, 2.24) is 5.32 Å². The number of aryl methyl sites for hydroxylation is 1. The van der Waals surface area contributed by atoms with E-state index in [0.29, 0.717) is 13.1 Å². The van der Waals surface area contributed by atoms with Crippen LogP contribution >= 0.6 is 0 Å². The van der Waals surface area contributed by atoms with Crippen molar-refractivity contribution in [2.24, 2.45) is 5.92 Å². The molecule has 0 saturated heterocycles. The molecule has 1 heterocycles. The number of rotatable bonds is 8. The van der Waals surface area contributed by atoms with E-state index in [-0.39, 0.29) is 24.2 Å². The van der Waals surface area contributed by atoms with Crippen LogP contribution in [0.4, 0.5) is 5.69 Å². The van der Waals surface area contributed by atoms with E-state index in [1.165, 1.54) is 5.56 Å². The molecule has 1 N–H and O–H groups in total. The van der Waals surface area contributed by atoms with E-state index in [1.54, 1.807) is 12.3 Å². The Morgan fingerprint density at radius 2 is 1.75 bits per heavy atom. The molecule has 1 aliphatic rings. The van der Waals surface area contributed by atoms with E-state index in [9.17, 15) is 9.59 Å². The Balaban J connectivity index is 1.46. The Morgan fingerprint density at radius 1 is 1.00 bits per heavy atom. The molecule has 2 amide bonds. The number of anilines is 1. The largest absolute Gasteiger partial charge is 0.467 e. The minimum atomic E-state index is -0.0621. The number of furan rings is 1. The van der Waals surface area contributed by atoms with Crippen LogP contribution < -0.4 is 10.2 Å². The zero-order valence-electron chi connectivity index (χ0n) is 18.5. The van der Waals surface area contributed by atoms with Crippen molar-refractivity contribution in [1.29, 1.82) is 0 Å². The van der Waals surface area contributed by atoms with Crippen molar-refractivity contribution in [2.75, 3.05) is 4.90 Å². The molecule has 0 atom stereocenters. The topological polar surface area (TPSA) is 62.6 Å². The fraction of sp³-hybridized carbons (Fsp3) is 0.333. The third-order valence-electron chi connectivity index (χ3n) is 6.21. The number of carbonyl (C=O) groups excluding carboxylic acids is 2. The van der Waals surface area contributed by atoms with Crippen LogP contribution in [-0.4, -0.2) is 11.8 Å². The van der Waals surface area contributed by atoms with Gasteiger partial charge in [0.15, 0.2) is 0 Å². The van der Waals surface area contributed by atoms with Gasteiger partial charge in [-0.2, -0.15) is 0 Å². The van der Waals surface area contributed by atoms with Crippen molar-refractivity contribution < 1.29 is 14.0 Å². The highest BCUT2D eigenvalue weighted by molar-refractivity contribution is 5.95. The molecule has 0 spiro atoms. The fourth-order valence-electron chi connectivity index (χ4n) is 4.29. The van der Waals surface area contributed by atoms with E-state index in [2.05, 4.69) is 24.4 Å². The Bertz CT molecular complexity index is 1040. The summed E-state index contributed by atoms with van der Waals surface area (Å²) in [6, 6.07) is 19.6. The number of carbonyl (C=O) groups is 2. The van der Waals surface area contributed by atoms with Gasteiger partial charge in [-0.25, -0.2) is 0 Å². The summed E-state index contributed by atoms with van der Waals surface area (Å²) in [5, 5.41) is 2.87. The Hall–Kier alpha value is -3.34. The third kappa shape index (κ3) is 5.47. The maximum absolute atomic E-state index is 13.4. The number of nitrogens with zero attached hydrogens (tertiary/aromatic N) is 1. The van der Waals surface area contributed by atoms with Crippen LogP contribution in [0.5, 0.6) is 0 Å². The van der Waals surface area contributed by atoms with E-state index in [0.717, 1.165) is 48.3 Å². The van der Waals surface area contributed by atoms with Gasteiger partial charge in [0.25, 0.3) is 0 Å². The molecule has 2 aromatic carbocycles. The Kier molecular flexibility index (Phi) is 7.05. The quantitative estimate of drug-likeness (QED) is 0.536. The Labute approximate surface area is 189 Å². The van der Waals surface area contributed by atoms with Gasteiger partial charge in [-0.15, -0.1) is 0 Å². The molecule has 0 unspecified atom stereocenters. The van der Waals surface area contributed by atoms with Crippen LogP contribution in [-0.2, 0) is 29.1 Å². The van der Waals surface area contributed by atoms with E-state index < -0.39 is 0 Å². The predicted octanol–water partition coefficient (Wildman–Crippen LogP) is 5.17. The van der Waals surface area contributed by atoms with Gasteiger partial charge in [-0.05, 0) is 60.7 Å². The molecule has 0 bridgehead atoms. The third-order valence-corrected chi connectivity index (χ3v) is 6.21. The SMILES string of the molecule is Cc1ccccc1CN(C(=O)C1CCCC1)c1ccc(CC(=O)NCc2ccco2)cc1. The summed E-state index contributed by atoms with van der Waals surface area (Å²) in [6.07, 6.45) is 6.07. The summed E-state index contributed by atoms with van der Waals surface area (Å²) in [7, 11) is 0. The van der Waals surface area contributed by atoms with Gasteiger partial charge < -0.3 is 14.6 Å². The first-order valence-electron chi connectivity index (χ1n) is 11.3. The van der Waals surface area contributed by atoms with Crippen LogP contribution in [0.2, 0.25) is 0 Å². The van der Waals surface area contributed by atoms with E-state index >= 15 is 0 Å². The molecule has 1 aliphatic carbocycles. The average molecular weight is 431 g/mol. The highest BCUT2D eigenvalue weighted by Gasteiger charge is 2.28.